The third kappa shape index (κ3) is 3.76. The van der Waals surface area contributed by atoms with E-state index in [4.69, 9.17) is 5.73 Å². The summed E-state index contributed by atoms with van der Waals surface area (Å²) in [6, 6.07) is 6.39. The monoisotopic (exact) mass is 208 g/mol. The topological polar surface area (TPSA) is 86.2 Å². The molecule has 0 aliphatic rings. The van der Waals surface area contributed by atoms with Gasteiger partial charge in [0.25, 0.3) is 5.69 Å². The standard InChI is InChI=1S/C10H12N2O3/c11-10(13)6-2-4-8-3-1-5-9(7-8)12(14)15/h1,3,5,7H,2,4,6H2,(H2,11,13). The molecule has 5 nitrogen and oxygen atoms in total. The average Bonchev–Trinajstić information content (AvgIpc) is 2.17. The molecule has 80 valence electrons. The second-order valence-corrected chi connectivity index (χ2v) is 3.25. The van der Waals surface area contributed by atoms with Gasteiger partial charge >= 0.3 is 0 Å². The highest BCUT2D eigenvalue weighted by Gasteiger charge is 2.05. The molecule has 2 N–H and O–H groups in total. The molecular weight excluding hydrogens is 196 g/mol. The molecule has 0 saturated carbocycles. The Labute approximate surface area is 87.0 Å². The molecule has 0 fully saturated rings. The number of carbonyl (C=O) groups excluding carboxylic acids is 1. The van der Waals surface area contributed by atoms with Crippen LogP contribution in [0.5, 0.6) is 0 Å². The number of nitro groups is 1. The summed E-state index contributed by atoms with van der Waals surface area (Å²) < 4.78 is 0. The Morgan fingerprint density at radius 3 is 2.80 bits per heavy atom. The van der Waals surface area contributed by atoms with Crippen molar-refractivity contribution < 1.29 is 9.72 Å². The van der Waals surface area contributed by atoms with Gasteiger partial charge < -0.3 is 5.73 Å². The first-order valence-corrected chi connectivity index (χ1v) is 4.61. The van der Waals surface area contributed by atoms with E-state index in [1.807, 2.05) is 0 Å². The van der Waals surface area contributed by atoms with Crippen molar-refractivity contribution in [3.63, 3.8) is 0 Å². The maximum absolute atomic E-state index is 10.5. The second kappa shape index (κ2) is 5.09. The van der Waals surface area contributed by atoms with Gasteiger partial charge in [-0.25, -0.2) is 0 Å². The molecule has 0 radical (unpaired) electrons. The van der Waals surface area contributed by atoms with Gasteiger partial charge in [-0.1, -0.05) is 12.1 Å². The number of carbonyl (C=O) groups is 1. The lowest BCUT2D eigenvalue weighted by Crippen LogP contribution is -2.10. The predicted octanol–water partition coefficient (Wildman–Crippen LogP) is 1.40. The zero-order chi connectivity index (χ0) is 11.3. The summed E-state index contributed by atoms with van der Waals surface area (Å²) in [6.07, 6.45) is 1.56. The maximum atomic E-state index is 10.5. The van der Waals surface area contributed by atoms with Gasteiger partial charge in [0.1, 0.15) is 0 Å². The highest BCUT2D eigenvalue weighted by atomic mass is 16.6. The number of nitro benzene ring substituents is 1. The lowest BCUT2D eigenvalue weighted by atomic mass is 10.1. The Hall–Kier alpha value is -1.91. The van der Waals surface area contributed by atoms with Crippen LogP contribution in [0.15, 0.2) is 24.3 Å². The SMILES string of the molecule is NC(=O)CCCc1cccc([N+](=O)[O-])c1. The van der Waals surface area contributed by atoms with E-state index in [1.165, 1.54) is 12.1 Å². The molecule has 15 heavy (non-hydrogen) atoms. The number of nitrogens with zero attached hydrogens (tertiary/aromatic N) is 1. The van der Waals surface area contributed by atoms with E-state index < -0.39 is 4.92 Å². The zero-order valence-electron chi connectivity index (χ0n) is 8.18. The Bertz CT molecular complexity index is 377. The number of amides is 1. The van der Waals surface area contributed by atoms with Gasteiger partial charge in [-0.3, -0.25) is 14.9 Å². The Morgan fingerprint density at radius 1 is 1.47 bits per heavy atom. The summed E-state index contributed by atoms with van der Waals surface area (Å²) in [7, 11) is 0. The van der Waals surface area contributed by atoms with Crippen molar-refractivity contribution >= 4 is 11.6 Å². The van der Waals surface area contributed by atoms with Gasteiger partial charge in [0.15, 0.2) is 0 Å². The van der Waals surface area contributed by atoms with Gasteiger partial charge in [-0.15, -0.1) is 0 Å². The average molecular weight is 208 g/mol. The molecule has 0 aromatic heterocycles. The van der Waals surface area contributed by atoms with Crippen molar-refractivity contribution in [1.29, 1.82) is 0 Å². The van der Waals surface area contributed by atoms with E-state index in [-0.39, 0.29) is 11.6 Å². The third-order valence-electron chi connectivity index (χ3n) is 2.01. The van der Waals surface area contributed by atoms with Crippen LogP contribution in [0, 0.1) is 10.1 Å². The minimum Gasteiger partial charge on any atom is -0.370 e. The lowest BCUT2D eigenvalue weighted by molar-refractivity contribution is -0.384. The van der Waals surface area contributed by atoms with Crippen LogP contribution in [-0.2, 0) is 11.2 Å². The van der Waals surface area contributed by atoms with E-state index in [1.54, 1.807) is 12.1 Å². The smallest absolute Gasteiger partial charge is 0.269 e. The molecular formula is C10H12N2O3. The van der Waals surface area contributed by atoms with Crippen molar-refractivity contribution in [1.82, 2.24) is 0 Å². The predicted molar refractivity (Wildman–Crippen MR) is 55.2 cm³/mol. The molecule has 0 spiro atoms. The molecule has 1 aromatic carbocycles. The molecule has 1 amide bonds. The van der Waals surface area contributed by atoms with Crippen LogP contribution in [0.1, 0.15) is 18.4 Å². The number of benzene rings is 1. The number of hydrogen-bond acceptors (Lipinski definition) is 3. The van der Waals surface area contributed by atoms with Crippen LogP contribution in [0.2, 0.25) is 0 Å². The number of non-ortho nitro benzene ring substituents is 1. The van der Waals surface area contributed by atoms with Crippen molar-refractivity contribution in [2.24, 2.45) is 5.73 Å². The van der Waals surface area contributed by atoms with Gasteiger partial charge in [0.2, 0.25) is 5.91 Å². The van der Waals surface area contributed by atoms with Crippen LogP contribution in [-0.4, -0.2) is 10.8 Å². The minimum atomic E-state index is -0.433. The van der Waals surface area contributed by atoms with Crippen LogP contribution in [0.25, 0.3) is 0 Å². The first-order valence-electron chi connectivity index (χ1n) is 4.61. The number of hydrogen-bond donors (Lipinski definition) is 1. The summed E-state index contributed by atoms with van der Waals surface area (Å²) in [4.78, 5) is 20.5. The number of aryl methyl sites for hydroxylation is 1. The fraction of sp³-hybridized carbons (Fsp3) is 0.300. The summed E-state index contributed by atoms with van der Waals surface area (Å²) in [5.41, 5.74) is 5.92. The van der Waals surface area contributed by atoms with Crippen molar-refractivity contribution in [3.8, 4) is 0 Å². The molecule has 0 aliphatic carbocycles. The van der Waals surface area contributed by atoms with E-state index >= 15 is 0 Å². The fourth-order valence-corrected chi connectivity index (χ4v) is 1.29. The van der Waals surface area contributed by atoms with Crippen LogP contribution in [0.3, 0.4) is 0 Å². The van der Waals surface area contributed by atoms with E-state index in [9.17, 15) is 14.9 Å². The maximum Gasteiger partial charge on any atom is 0.269 e. The number of nitrogens with two attached hydrogens (primary N) is 1. The van der Waals surface area contributed by atoms with Crippen molar-refractivity contribution in [3.05, 3.63) is 39.9 Å². The molecule has 1 aromatic rings. The highest BCUT2D eigenvalue weighted by Crippen LogP contribution is 2.14. The van der Waals surface area contributed by atoms with Gasteiger partial charge in [-0.2, -0.15) is 0 Å². The summed E-state index contributed by atoms with van der Waals surface area (Å²) in [5.74, 6) is -0.347. The van der Waals surface area contributed by atoms with Gasteiger partial charge in [-0.05, 0) is 18.4 Å². The quantitative estimate of drug-likeness (QED) is 0.586. The molecule has 0 bridgehead atoms. The highest BCUT2D eigenvalue weighted by molar-refractivity contribution is 5.73. The Balaban J connectivity index is 2.58. The van der Waals surface area contributed by atoms with Gasteiger partial charge in [0, 0.05) is 18.6 Å². The summed E-state index contributed by atoms with van der Waals surface area (Å²) in [6.45, 7) is 0. The van der Waals surface area contributed by atoms with Crippen molar-refractivity contribution in [2.75, 3.05) is 0 Å². The van der Waals surface area contributed by atoms with E-state index in [0.717, 1.165) is 5.56 Å². The largest absolute Gasteiger partial charge is 0.370 e. The fourth-order valence-electron chi connectivity index (χ4n) is 1.29. The lowest BCUT2D eigenvalue weighted by Gasteiger charge is -1.99. The third-order valence-corrected chi connectivity index (χ3v) is 2.01. The Kier molecular flexibility index (Phi) is 3.79. The first-order chi connectivity index (χ1) is 7.09. The normalized spacial score (nSPS) is 9.87. The molecule has 0 saturated heterocycles. The summed E-state index contributed by atoms with van der Waals surface area (Å²) in [5, 5.41) is 10.5. The second-order valence-electron chi connectivity index (χ2n) is 3.25. The number of rotatable bonds is 5. The molecule has 0 aliphatic heterocycles. The number of primary amides is 1. The zero-order valence-corrected chi connectivity index (χ0v) is 8.18. The van der Waals surface area contributed by atoms with Crippen molar-refractivity contribution in [2.45, 2.75) is 19.3 Å². The molecule has 0 heterocycles. The minimum absolute atomic E-state index is 0.0755. The molecule has 0 unspecified atom stereocenters. The summed E-state index contributed by atoms with van der Waals surface area (Å²) >= 11 is 0. The van der Waals surface area contributed by atoms with E-state index in [0.29, 0.717) is 19.3 Å². The molecule has 1 rings (SSSR count). The molecule has 5 heteroatoms. The van der Waals surface area contributed by atoms with Crippen LogP contribution in [0.4, 0.5) is 5.69 Å². The van der Waals surface area contributed by atoms with E-state index in [2.05, 4.69) is 0 Å². The van der Waals surface area contributed by atoms with Gasteiger partial charge in [0.05, 0.1) is 4.92 Å². The van der Waals surface area contributed by atoms with Crippen LogP contribution >= 0.6 is 0 Å². The first kappa shape index (κ1) is 11.2. The Morgan fingerprint density at radius 2 is 2.20 bits per heavy atom. The molecule has 0 atom stereocenters. The van der Waals surface area contributed by atoms with Crippen LogP contribution < -0.4 is 5.73 Å².